The Balaban J connectivity index is 2.58. The summed E-state index contributed by atoms with van der Waals surface area (Å²) in [5, 5.41) is 0. The van der Waals surface area contributed by atoms with Gasteiger partial charge in [-0.3, -0.25) is 9.36 Å². The third kappa shape index (κ3) is 3.95. The van der Waals surface area contributed by atoms with Gasteiger partial charge in [0.15, 0.2) is 0 Å². The van der Waals surface area contributed by atoms with Crippen LogP contribution in [0.1, 0.15) is 19.8 Å². The van der Waals surface area contributed by atoms with Gasteiger partial charge in [-0.2, -0.15) is 0 Å². The number of aryl methyl sites for hydroxylation is 1. The summed E-state index contributed by atoms with van der Waals surface area (Å²) < 4.78 is 2.13. The molecule has 1 rings (SSSR count). The van der Waals surface area contributed by atoms with Crippen molar-refractivity contribution in [2.24, 2.45) is 5.92 Å². The van der Waals surface area contributed by atoms with Crippen LogP contribution in [0.3, 0.4) is 0 Å². The van der Waals surface area contributed by atoms with Crippen LogP contribution in [0.15, 0.2) is 21.8 Å². The maximum absolute atomic E-state index is 11.6. The van der Waals surface area contributed by atoms with Gasteiger partial charge in [0.1, 0.15) is 4.47 Å². The zero-order valence-corrected chi connectivity index (χ0v) is 11.0. The summed E-state index contributed by atoms with van der Waals surface area (Å²) in [6.45, 7) is 2.84. The summed E-state index contributed by atoms with van der Waals surface area (Å²) in [6.07, 6.45) is 5.02. The van der Waals surface area contributed by atoms with Gasteiger partial charge >= 0.3 is 0 Å². The third-order valence-electron chi connectivity index (χ3n) is 2.32. The molecule has 15 heavy (non-hydrogen) atoms. The van der Waals surface area contributed by atoms with Crippen molar-refractivity contribution >= 4 is 27.5 Å². The number of alkyl halides is 1. The quantitative estimate of drug-likeness (QED) is 0.782. The van der Waals surface area contributed by atoms with Gasteiger partial charge < -0.3 is 0 Å². The van der Waals surface area contributed by atoms with Gasteiger partial charge in [0, 0.05) is 18.6 Å². The average Bonchev–Trinajstić information content (AvgIpc) is 2.21. The zero-order valence-electron chi connectivity index (χ0n) is 8.62. The van der Waals surface area contributed by atoms with E-state index in [9.17, 15) is 4.79 Å². The average molecular weight is 294 g/mol. The molecule has 0 N–H and O–H groups in total. The molecule has 1 unspecified atom stereocenters. The standard InChI is InChI=1S/C10H14BrClN2O/c1-8(2-4-12)3-5-14-7-13-6-9(11)10(14)15/h6-8H,2-5H2,1H3. The van der Waals surface area contributed by atoms with Gasteiger partial charge in [-0.1, -0.05) is 6.92 Å². The van der Waals surface area contributed by atoms with Crippen molar-refractivity contribution in [2.45, 2.75) is 26.3 Å². The highest BCUT2D eigenvalue weighted by Gasteiger charge is 2.04. The van der Waals surface area contributed by atoms with Gasteiger partial charge in [0.05, 0.1) is 6.33 Å². The number of halogens is 2. The van der Waals surface area contributed by atoms with E-state index in [-0.39, 0.29) is 5.56 Å². The van der Waals surface area contributed by atoms with Crippen molar-refractivity contribution in [3.8, 4) is 0 Å². The molecule has 0 radical (unpaired) electrons. The predicted octanol–water partition coefficient (Wildman–Crippen LogP) is 2.66. The highest BCUT2D eigenvalue weighted by Crippen LogP contribution is 2.09. The molecule has 0 aliphatic carbocycles. The second-order valence-corrected chi connectivity index (χ2v) is 4.84. The Morgan fingerprint density at radius 3 is 3.00 bits per heavy atom. The molecule has 0 amide bonds. The molecule has 5 heteroatoms. The van der Waals surface area contributed by atoms with E-state index in [1.165, 1.54) is 6.20 Å². The zero-order chi connectivity index (χ0) is 11.3. The molecule has 0 bridgehead atoms. The first-order valence-electron chi connectivity index (χ1n) is 4.91. The first-order chi connectivity index (χ1) is 7.15. The molecule has 1 heterocycles. The lowest BCUT2D eigenvalue weighted by Gasteiger charge is -2.10. The molecule has 0 aromatic carbocycles. The van der Waals surface area contributed by atoms with Crippen LogP contribution >= 0.6 is 27.5 Å². The molecule has 1 aromatic heterocycles. The summed E-state index contributed by atoms with van der Waals surface area (Å²) >= 11 is 8.81. The van der Waals surface area contributed by atoms with Gasteiger partial charge in [0.25, 0.3) is 5.56 Å². The highest BCUT2D eigenvalue weighted by molar-refractivity contribution is 9.10. The van der Waals surface area contributed by atoms with E-state index >= 15 is 0 Å². The van der Waals surface area contributed by atoms with Crippen LogP contribution in [0.4, 0.5) is 0 Å². The Morgan fingerprint density at radius 2 is 2.33 bits per heavy atom. The molecular formula is C10H14BrClN2O. The SMILES string of the molecule is CC(CCCl)CCn1cncc(Br)c1=O. The summed E-state index contributed by atoms with van der Waals surface area (Å²) in [6, 6.07) is 0. The van der Waals surface area contributed by atoms with Crippen LogP contribution in [0.25, 0.3) is 0 Å². The minimum atomic E-state index is -0.0249. The highest BCUT2D eigenvalue weighted by atomic mass is 79.9. The Morgan fingerprint density at radius 1 is 1.60 bits per heavy atom. The van der Waals surface area contributed by atoms with Crippen molar-refractivity contribution in [1.29, 1.82) is 0 Å². The number of hydrogen-bond donors (Lipinski definition) is 0. The van der Waals surface area contributed by atoms with Crippen LogP contribution in [-0.4, -0.2) is 15.4 Å². The molecule has 0 fully saturated rings. The van der Waals surface area contributed by atoms with Crippen LogP contribution in [0.5, 0.6) is 0 Å². The van der Waals surface area contributed by atoms with Crippen LogP contribution in [-0.2, 0) is 6.54 Å². The van der Waals surface area contributed by atoms with Crippen LogP contribution in [0.2, 0.25) is 0 Å². The number of hydrogen-bond acceptors (Lipinski definition) is 2. The summed E-state index contributed by atoms with van der Waals surface area (Å²) in [7, 11) is 0. The first-order valence-corrected chi connectivity index (χ1v) is 6.23. The minimum Gasteiger partial charge on any atom is -0.298 e. The van der Waals surface area contributed by atoms with Crippen molar-refractivity contribution in [3.05, 3.63) is 27.4 Å². The van der Waals surface area contributed by atoms with Crippen LogP contribution in [0, 0.1) is 5.92 Å². The van der Waals surface area contributed by atoms with E-state index < -0.39 is 0 Å². The lowest BCUT2D eigenvalue weighted by atomic mass is 10.1. The molecule has 0 saturated carbocycles. The van der Waals surface area contributed by atoms with E-state index in [4.69, 9.17) is 11.6 Å². The number of aromatic nitrogens is 2. The molecule has 0 aliphatic rings. The Kier molecular flexibility index (Phi) is 5.32. The van der Waals surface area contributed by atoms with Crippen LogP contribution < -0.4 is 5.56 Å². The molecule has 1 atom stereocenters. The van der Waals surface area contributed by atoms with Crippen molar-refractivity contribution in [2.75, 3.05) is 5.88 Å². The van der Waals surface area contributed by atoms with Gasteiger partial charge in [-0.05, 0) is 34.7 Å². The Bertz CT molecular complexity index is 367. The van der Waals surface area contributed by atoms with E-state index in [1.807, 2.05) is 0 Å². The Labute approximate surface area is 103 Å². The summed E-state index contributed by atoms with van der Waals surface area (Å²) in [4.78, 5) is 15.5. The second-order valence-electron chi connectivity index (χ2n) is 3.61. The summed E-state index contributed by atoms with van der Waals surface area (Å²) in [5.74, 6) is 1.21. The van der Waals surface area contributed by atoms with Gasteiger partial charge in [-0.15, -0.1) is 11.6 Å². The minimum absolute atomic E-state index is 0.0249. The van der Waals surface area contributed by atoms with E-state index in [1.54, 1.807) is 10.9 Å². The predicted molar refractivity (Wildman–Crippen MR) is 65.3 cm³/mol. The molecule has 3 nitrogen and oxygen atoms in total. The fourth-order valence-electron chi connectivity index (χ4n) is 1.27. The van der Waals surface area contributed by atoms with Gasteiger partial charge in [0.2, 0.25) is 0 Å². The lowest BCUT2D eigenvalue weighted by Crippen LogP contribution is -2.21. The van der Waals surface area contributed by atoms with Crippen molar-refractivity contribution < 1.29 is 0 Å². The van der Waals surface area contributed by atoms with E-state index in [0.29, 0.717) is 22.8 Å². The molecule has 1 aromatic rings. The third-order valence-corrected chi connectivity index (χ3v) is 3.09. The Hall–Kier alpha value is -0.350. The van der Waals surface area contributed by atoms with E-state index in [2.05, 4.69) is 27.8 Å². The van der Waals surface area contributed by atoms with Crippen molar-refractivity contribution in [3.63, 3.8) is 0 Å². The monoisotopic (exact) mass is 292 g/mol. The maximum Gasteiger partial charge on any atom is 0.267 e. The molecule has 84 valence electrons. The number of nitrogens with zero attached hydrogens (tertiary/aromatic N) is 2. The topological polar surface area (TPSA) is 34.9 Å². The normalized spacial score (nSPS) is 12.7. The maximum atomic E-state index is 11.6. The first kappa shape index (κ1) is 12.7. The summed E-state index contributed by atoms with van der Waals surface area (Å²) in [5.41, 5.74) is -0.0249. The molecule has 0 saturated heterocycles. The van der Waals surface area contributed by atoms with Crippen molar-refractivity contribution in [1.82, 2.24) is 9.55 Å². The van der Waals surface area contributed by atoms with Gasteiger partial charge in [-0.25, -0.2) is 4.98 Å². The molecule has 0 aliphatic heterocycles. The molecular weight excluding hydrogens is 279 g/mol. The van der Waals surface area contributed by atoms with E-state index in [0.717, 1.165) is 12.8 Å². The lowest BCUT2D eigenvalue weighted by molar-refractivity contribution is 0.461. The number of rotatable bonds is 5. The second kappa shape index (κ2) is 6.28. The largest absolute Gasteiger partial charge is 0.298 e. The fourth-order valence-corrected chi connectivity index (χ4v) is 1.99. The fraction of sp³-hybridized carbons (Fsp3) is 0.600. The smallest absolute Gasteiger partial charge is 0.267 e. The molecule has 0 spiro atoms.